The average molecular weight is 619 g/mol. The average Bonchev–Trinajstić information content (AvgIpc) is 2.89. The van der Waals surface area contributed by atoms with E-state index in [1.165, 1.54) is 0 Å². The standard InChI is InChI=1S/C27H50N6O10/c1-2-3-5-28-23(36)16-22(35)15-21(34)4-6-29-24(37)17-30-7-9-31(18-25(38)39)11-13-33(20-27(42)43)14-12-32(10-8-30)19-26(40)41/h21-22,34-35H,2-20H2,1H3,(H,28,36)(H,29,37)(H,38,39)(H,40,41)(H,42,43)/t21-,22-/m0/s1. The number of unbranched alkanes of at least 4 members (excludes halogenated alkanes) is 1. The van der Waals surface area contributed by atoms with Gasteiger partial charge >= 0.3 is 17.9 Å². The molecule has 0 unspecified atom stereocenters. The second-order valence-corrected chi connectivity index (χ2v) is 10.9. The molecular weight excluding hydrogens is 568 g/mol. The van der Waals surface area contributed by atoms with Crippen molar-refractivity contribution in [3.63, 3.8) is 0 Å². The van der Waals surface area contributed by atoms with Crippen LogP contribution in [0.4, 0.5) is 0 Å². The van der Waals surface area contributed by atoms with Crippen molar-refractivity contribution in [1.29, 1.82) is 0 Å². The minimum Gasteiger partial charge on any atom is -0.480 e. The van der Waals surface area contributed by atoms with Crippen LogP contribution in [0.3, 0.4) is 0 Å². The summed E-state index contributed by atoms with van der Waals surface area (Å²) in [6, 6.07) is 0. The van der Waals surface area contributed by atoms with Crippen LogP contribution in [0.1, 0.15) is 39.0 Å². The molecule has 0 aromatic carbocycles. The minimum atomic E-state index is -1.03. The fraction of sp³-hybridized carbons (Fsp3) is 0.815. The number of carbonyl (C=O) groups excluding carboxylic acids is 2. The van der Waals surface area contributed by atoms with Crippen molar-refractivity contribution in [1.82, 2.24) is 30.2 Å². The number of aliphatic hydroxyl groups excluding tert-OH is 2. The van der Waals surface area contributed by atoms with Crippen molar-refractivity contribution in [2.45, 2.75) is 51.2 Å². The molecule has 0 saturated carbocycles. The molecule has 0 radical (unpaired) electrons. The lowest BCUT2D eigenvalue weighted by molar-refractivity contribution is -0.140. The molecule has 1 heterocycles. The fourth-order valence-electron chi connectivity index (χ4n) is 4.63. The van der Waals surface area contributed by atoms with Crippen molar-refractivity contribution in [3.8, 4) is 0 Å². The summed E-state index contributed by atoms with van der Waals surface area (Å²) in [5.74, 6) is -3.72. The second kappa shape index (κ2) is 21.7. The van der Waals surface area contributed by atoms with Crippen LogP contribution in [0, 0.1) is 0 Å². The summed E-state index contributed by atoms with van der Waals surface area (Å²) < 4.78 is 0. The smallest absolute Gasteiger partial charge is 0.317 e. The number of hydrogen-bond acceptors (Lipinski definition) is 11. The Morgan fingerprint density at radius 3 is 1.40 bits per heavy atom. The molecule has 1 rings (SSSR count). The van der Waals surface area contributed by atoms with E-state index in [0.717, 1.165) is 12.8 Å². The summed E-state index contributed by atoms with van der Waals surface area (Å²) in [7, 11) is 0. The van der Waals surface area contributed by atoms with E-state index in [2.05, 4.69) is 10.6 Å². The van der Waals surface area contributed by atoms with Gasteiger partial charge in [-0.25, -0.2) is 0 Å². The predicted molar refractivity (Wildman–Crippen MR) is 155 cm³/mol. The van der Waals surface area contributed by atoms with Crippen molar-refractivity contribution in [2.24, 2.45) is 0 Å². The SMILES string of the molecule is CCCCNC(=O)C[C@@H](O)C[C@@H](O)CCNC(=O)CN1CCN(CC(=O)O)CCN(CC(=O)O)CCN(CC(=O)O)CC1. The van der Waals surface area contributed by atoms with Crippen molar-refractivity contribution in [3.05, 3.63) is 0 Å². The summed E-state index contributed by atoms with van der Waals surface area (Å²) >= 11 is 0. The first-order valence-corrected chi connectivity index (χ1v) is 14.8. The molecule has 248 valence electrons. The van der Waals surface area contributed by atoms with Gasteiger partial charge in [0.15, 0.2) is 0 Å². The van der Waals surface area contributed by atoms with Crippen LogP contribution in [0.5, 0.6) is 0 Å². The zero-order valence-corrected chi connectivity index (χ0v) is 25.2. The van der Waals surface area contributed by atoms with Gasteiger partial charge in [0.2, 0.25) is 11.8 Å². The van der Waals surface area contributed by atoms with Gasteiger partial charge in [-0.3, -0.25) is 43.6 Å². The number of rotatable bonds is 18. The summed E-state index contributed by atoms with van der Waals surface area (Å²) in [4.78, 5) is 65.4. The van der Waals surface area contributed by atoms with Gasteiger partial charge in [0.05, 0.1) is 44.8 Å². The molecule has 0 aliphatic carbocycles. The highest BCUT2D eigenvalue weighted by Gasteiger charge is 2.21. The topological polar surface area (TPSA) is 224 Å². The minimum absolute atomic E-state index is 0.00803. The van der Waals surface area contributed by atoms with Crippen LogP contribution in [0.15, 0.2) is 0 Å². The normalized spacial score (nSPS) is 18.1. The van der Waals surface area contributed by atoms with Crippen molar-refractivity contribution >= 4 is 29.7 Å². The number of hydrogen-bond donors (Lipinski definition) is 7. The zero-order chi connectivity index (χ0) is 32.2. The van der Waals surface area contributed by atoms with Gasteiger partial charge in [-0.15, -0.1) is 0 Å². The molecule has 7 N–H and O–H groups in total. The maximum absolute atomic E-state index is 12.7. The first-order valence-electron chi connectivity index (χ1n) is 14.8. The number of aliphatic hydroxyl groups is 2. The Morgan fingerprint density at radius 2 is 1.00 bits per heavy atom. The first kappa shape index (κ1) is 38.1. The molecular formula is C27H50N6O10. The quantitative estimate of drug-likeness (QED) is 0.0782. The molecule has 1 aliphatic heterocycles. The third-order valence-electron chi connectivity index (χ3n) is 6.99. The largest absolute Gasteiger partial charge is 0.480 e. The Morgan fingerprint density at radius 1 is 0.605 bits per heavy atom. The fourth-order valence-corrected chi connectivity index (χ4v) is 4.63. The van der Waals surface area contributed by atoms with Crippen LogP contribution in [0.25, 0.3) is 0 Å². The Labute approximate surface area is 252 Å². The predicted octanol–water partition coefficient (Wildman–Crippen LogP) is -2.61. The van der Waals surface area contributed by atoms with E-state index < -0.39 is 30.1 Å². The van der Waals surface area contributed by atoms with E-state index in [-0.39, 0.29) is 90.0 Å². The number of nitrogens with zero attached hydrogens (tertiary/aromatic N) is 4. The molecule has 0 spiro atoms. The Hall–Kier alpha value is -2.89. The molecule has 0 bridgehead atoms. The van der Waals surface area contributed by atoms with E-state index in [1.54, 1.807) is 19.6 Å². The van der Waals surface area contributed by atoms with Gasteiger partial charge in [0.1, 0.15) is 0 Å². The van der Waals surface area contributed by atoms with E-state index in [0.29, 0.717) is 32.7 Å². The molecule has 2 atom stereocenters. The lowest BCUT2D eigenvalue weighted by atomic mass is 10.1. The van der Waals surface area contributed by atoms with Gasteiger partial charge in [0, 0.05) is 65.4 Å². The number of amides is 2. The highest BCUT2D eigenvalue weighted by Crippen LogP contribution is 2.06. The van der Waals surface area contributed by atoms with Crippen LogP contribution in [0.2, 0.25) is 0 Å². The Kier molecular flexibility index (Phi) is 19.3. The van der Waals surface area contributed by atoms with E-state index in [1.807, 2.05) is 6.92 Å². The van der Waals surface area contributed by atoms with Crippen LogP contribution >= 0.6 is 0 Å². The molecule has 1 saturated heterocycles. The number of carboxylic acid groups (broad SMARTS) is 3. The molecule has 43 heavy (non-hydrogen) atoms. The monoisotopic (exact) mass is 618 g/mol. The zero-order valence-electron chi connectivity index (χ0n) is 25.2. The van der Waals surface area contributed by atoms with E-state index in [9.17, 15) is 49.5 Å². The number of carboxylic acids is 3. The number of nitrogens with one attached hydrogen (secondary N) is 2. The molecule has 1 aliphatic rings. The van der Waals surface area contributed by atoms with Crippen LogP contribution in [-0.2, 0) is 24.0 Å². The number of aliphatic carboxylic acids is 3. The van der Waals surface area contributed by atoms with Gasteiger partial charge in [-0.2, -0.15) is 0 Å². The first-order chi connectivity index (χ1) is 20.4. The highest BCUT2D eigenvalue weighted by atomic mass is 16.4. The lowest BCUT2D eigenvalue weighted by Gasteiger charge is -2.32. The van der Waals surface area contributed by atoms with Gasteiger partial charge in [-0.05, 0) is 19.3 Å². The molecule has 1 fully saturated rings. The van der Waals surface area contributed by atoms with Gasteiger partial charge < -0.3 is 36.2 Å². The van der Waals surface area contributed by atoms with Gasteiger partial charge in [0.25, 0.3) is 0 Å². The maximum Gasteiger partial charge on any atom is 0.317 e. The van der Waals surface area contributed by atoms with Crippen LogP contribution in [-0.4, -0.2) is 179 Å². The summed E-state index contributed by atoms with van der Waals surface area (Å²) in [6.07, 6.45) is -0.0961. The lowest BCUT2D eigenvalue weighted by Crippen LogP contribution is -2.49. The molecule has 0 aromatic rings. The number of carbonyl (C=O) groups is 5. The third kappa shape index (κ3) is 19.8. The Bertz CT molecular complexity index is 847. The Balaban J connectivity index is 2.68. The van der Waals surface area contributed by atoms with Crippen LogP contribution < -0.4 is 10.6 Å². The third-order valence-corrected chi connectivity index (χ3v) is 6.99. The van der Waals surface area contributed by atoms with Gasteiger partial charge in [-0.1, -0.05) is 13.3 Å². The summed E-state index contributed by atoms with van der Waals surface area (Å²) in [6.45, 7) is 4.21. The highest BCUT2D eigenvalue weighted by molar-refractivity contribution is 5.78. The summed E-state index contributed by atoms with van der Waals surface area (Å²) in [5.41, 5.74) is 0. The molecule has 2 amide bonds. The molecule has 16 nitrogen and oxygen atoms in total. The van der Waals surface area contributed by atoms with E-state index >= 15 is 0 Å². The maximum atomic E-state index is 12.7. The summed E-state index contributed by atoms with van der Waals surface area (Å²) in [5, 5.41) is 53.7. The van der Waals surface area contributed by atoms with Crippen molar-refractivity contribution < 1.29 is 49.5 Å². The molecule has 0 aromatic heterocycles. The second-order valence-electron chi connectivity index (χ2n) is 10.9. The van der Waals surface area contributed by atoms with Crippen molar-refractivity contribution in [2.75, 3.05) is 91.6 Å². The molecule has 16 heteroatoms. The van der Waals surface area contributed by atoms with E-state index in [4.69, 9.17) is 0 Å².